The Hall–Kier alpha value is -1.58. The highest BCUT2D eigenvalue weighted by molar-refractivity contribution is 5.93. The van der Waals surface area contributed by atoms with E-state index in [0.717, 1.165) is 6.07 Å². The smallest absolute Gasteiger partial charge is 0.248 e. The summed E-state index contributed by atoms with van der Waals surface area (Å²) in [7, 11) is 0. The molecule has 0 heterocycles. The van der Waals surface area contributed by atoms with Crippen molar-refractivity contribution >= 4 is 5.91 Å². The number of halogens is 1. The second-order valence-corrected chi connectivity index (χ2v) is 2.44. The molecule has 1 aromatic carbocycles. The molecule has 0 aromatic heterocycles. The van der Waals surface area contributed by atoms with Gasteiger partial charge in [0.1, 0.15) is 0 Å². The van der Waals surface area contributed by atoms with E-state index in [1.807, 2.05) is 0 Å². The van der Waals surface area contributed by atoms with Crippen LogP contribution in [0.4, 0.5) is 4.39 Å². The zero-order valence-electron chi connectivity index (χ0n) is 7.21. The molecule has 13 heavy (non-hydrogen) atoms. The Kier molecular flexibility index (Phi) is 2.84. The van der Waals surface area contributed by atoms with Crippen LogP contribution >= 0.6 is 0 Å². The lowest BCUT2D eigenvalue weighted by molar-refractivity contribution is 0.0999. The molecule has 4 heteroatoms. The fourth-order valence-corrected chi connectivity index (χ4v) is 0.923. The molecule has 0 aliphatic carbocycles. The molecule has 0 spiro atoms. The first-order chi connectivity index (χ1) is 6.15. The SMILES string of the molecule is CCOc1cc(C(N)=O)ccc1F. The van der Waals surface area contributed by atoms with Crippen molar-refractivity contribution in [3.63, 3.8) is 0 Å². The van der Waals surface area contributed by atoms with E-state index in [0.29, 0.717) is 6.61 Å². The monoisotopic (exact) mass is 183 g/mol. The lowest BCUT2D eigenvalue weighted by atomic mass is 10.2. The van der Waals surface area contributed by atoms with Gasteiger partial charge in [0.2, 0.25) is 5.91 Å². The topological polar surface area (TPSA) is 52.3 Å². The van der Waals surface area contributed by atoms with Crippen molar-refractivity contribution in [2.45, 2.75) is 6.92 Å². The third-order valence-corrected chi connectivity index (χ3v) is 1.52. The number of carbonyl (C=O) groups excluding carboxylic acids is 1. The first-order valence-corrected chi connectivity index (χ1v) is 3.87. The van der Waals surface area contributed by atoms with E-state index < -0.39 is 11.7 Å². The molecule has 0 unspecified atom stereocenters. The Morgan fingerprint density at radius 1 is 1.62 bits per heavy atom. The molecule has 1 rings (SSSR count). The number of hydrogen-bond acceptors (Lipinski definition) is 2. The molecule has 70 valence electrons. The summed E-state index contributed by atoms with van der Waals surface area (Å²) in [4.78, 5) is 10.7. The Labute approximate surface area is 75.3 Å². The number of primary amides is 1. The molecule has 0 aliphatic heterocycles. The maximum Gasteiger partial charge on any atom is 0.248 e. The third kappa shape index (κ3) is 2.18. The van der Waals surface area contributed by atoms with Crippen LogP contribution in [0.5, 0.6) is 5.75 Å². The summed E-state index contributed by atoms with van der Waals surface area (Å²) < 4.78 is 17.9. The van der Waals surface area contributed by atoms with Crippen molar-refractivity contribution in [1.29, 1.82) is 0 Å². The average Bonchev–Trinajstić information content (AvgIpc) is 2.08. The van der Waals surface area contributed by atoms with Crippen molar-refractivity contribution in [3.8, 4) is 5.75 Å². The van der Waals surface area contributed by atoms with Gasteiger partial charge < -0.3 is 10.5 Å². The van der Waals surface area contributed by atoms with Crippen LogP contribution in [-0.4, -0.2) is 12.5 Å². The molecule has 0 atom stereocenters. The Balaban J connectivity index is 3.03. The van der Waals surface area contributed by atoms with Crippen molar-refractivity contribution < 1.29 is 13.9 Å². The number of ether oxygens (including phenoxy) is 1. The van der Waals surface area contributed by atoms with Gasteiger partial charge in [-0.05, 0) is 25.1 Å². The highest BCUT2D eigenvalue weighted by atomic mass is 19.1. The number of hydrogen-bond donors (Lipinski definition) is 1. The molecule has 1 amide bonds. The second-order valence-electron chi connectivity index (χ2n) is 2.44. The van der Waals surface area contributed by atoms with E-state index in [9.17, 15) is 9.18 Å². The van der Waals surface area contributed by atoms with E-state index >= 15 is 0 Å². The molecular formula is C9H10FNO2. The average molecular weight is 183 g/mol. The van der Waals surface area contributed by atoms with Crippen molar-refractivity contribution in [2.24, 2.45) is 5.73 Å². The number of carbonyl (C=O) groups is 1. The highest BCUT2D eigenvalue weighted by Gasteiger charge is 2.06. The molecule has 3 nitrogen and oxygen atoms in total. The van der Waals surface area contributed by atoms with Gasteiger partial charge in [-0.25, -0.2) is 4.39 Å². The molecule has 2 N–H and O–H groups in total. The summed E-state index contributed by atoms with van der Waals surface area (Å²) in [5, 5.41) is 0. The molecule has 0 bridgehead atoms. The van der Waals surface area contributed by atoms with E-state index in [2.05, 4.69) is 0 Å². The quantitative estimate of drug-likeness (QED) is 0.768. The molecule has 0 fully saturated rings. The van der Waals surface area contributed by atoms with Crippen LogP contribution in [0.3, 0.4) is 0 Å². The first-order valence-electron chi connectivity index (χ1n) is 3.87. The summed E-state index contributed by atoms with van der Waals surface area (Å²) in [6, 6.07) is 3.77. The van der Waals surface area contributed by atoms with Gasteiger partial charge in [-0.15, -0.1) is 0 Å². The summed E-state index contributed by atoms with van der Waals surface area (Å²) in [5.41, 5.74) is 5.25. The minimum Gasteiger partial charge on any atom is -0.491 e. The van der Waals surface area contributed by atoms with Gasteiger partial charge in [-0.3, -0.25) is 4.79 Å². The third-order valence-electron chi connectivity index (χ3n) is 1.52. The minimum absolute atomic E-state index is 0.0544. The Morgan fingerprint density at radius 2 is 2.31 bits per heavy atom. The number of amides is 1. The van der Waals surface area contributed by atoms with Gasteiger partial charge in [0.15, 0.2) is 11.6 Å². The fourth-order valence-electron chi connectivity index (χ4n) is 0.923. The van der Waals surface area contributed by atoms with Gasteiger partial charge in [-0.1, -0.05) is 0 Å². The summed E-state index contributed by atoms with van der Waals surface area (Å²) >= 11 is 0. The van der Waals surface area contributed by atoms with Crippen LogP contribution in [0.2, 0.25) is 0 Å². The minimum atomic E-state index is -0.596. The van der Waals surface area contributed by atoms with E-state index in [1.54, 1.807) is 6.92 Å². The van der Waals surface area contributed by atoms with Crippen LogP contribution < -0.4 is 10.5 Å². The van der Waals surface area contributed by atoms with Gasteiger partial charge in [0, 0.05) is 5.56 Å². The van der Waals surface area contributed by atoms with Gasteiger partial charge in [0.05, 0.1) is 6.61 Å². The predicted octanol–water partition coefficient (Wildman–Crippen LogP) is 1.32. The normalized spacial score (nSPS) is 9.69. The van der Waals surface area contributed by atoms with Crippen LogP contribution in [0.25, 0.3) is 0 Å². The van der Waals surface area contributed by atoms with Crippen molar-refractivity contribution in [2.75, 3.05) is 6.61 Å². The molecule has 0 aliphatic rings. The fraction of sp³-hybridized carbons (Fsp3) is 0.222. The predicted molar refractivity (Wildman–Crippen MR) is 46.1 cm³/mol. The Morgan fingerprint density at radius 3 is 2.85 bits per heavy atom. The van der Waals surface area contributed by atoms with Gasteiger partial charge in [-0.2, -0.15) is 0 Å². The van der Waals surface area contributed by atoms with E-state index in [4.69, 9.17) is 10.5 Å². The van der Waals surface area contributed by atoms with Crippen LogP contribution in [0.1, 0.15) is 17.3 Å². The van der Waals surface area contributed by atoms with Crippen molar-refractivity contribution in [3.05, 3.63) is 29.6 Å². The number of rotatable bonds is 3. The molecule has 0 radical (unpaired) electrons. The van der Waals surface area contributed by atoms with E-state index in [-0.39, 0.29) is 11.3 Å². The Bertz CT molecular complexity index is 325. The summed E-state index contributed by atoms with van der Waals surface area (Å²) in [6.07, 6.45) is 0. The van der Waals surface area contributed by atoms with Crippen LogP contribution in [-0.2, 0) is 0 Å². The molecule has 1 aromatic rings. The molecule has 0 saturated heterocycles. The highest BCUT2D eigenvalue weighted by Crippen LogP contribution is 2.18. The lowest BCUT2D eigenvalue weighted by Gasteiger charge is -2.04. The lowest BCUT2D eigenvalue weighted by Crippen LogP contribution is -2.11. The molecular weight excluding hydrogens is 173 g/mol. The summed E-state index contributed by atoms with van der Waals surface area (Å²) in [5.74, 6) is -1.04. The van der Waals surface area contributed by atoms with Crippen molar-refractivity contribution in [1.82, 2.24) is 0 Å². The van der Waals surface area contributed by atoms with Gasteiger partial charge in [0.25, 0.3) is 0 Å². The molecule has 0 saturated carbocycles. The first kappa shape index (κ1) is 9.51. The maximum atomic E-state index is 12.9. The van der Waals surface area contributed by atoms with E-state index in [1.165, 1.54) is 12.1 Å². The zero-order chi connectivity index (χ0) is 9.84. The number of benzene rings is 1. The van der Waals surface area contributed by atoms with Gasteiger partial charge >= 0.3 is 0 Å². The second kappa shape index (κ2) is 3.89. The van der Waals surface area contributed by atoms with Crippen LogP contribution in [0.15, 0.2) is 18.2 Å². The number of nitrogens with two attached hydrogens (primary N) is 1. The zero-order valence-corrected chi connectivity index (χ0v) is 7.21. The summed E-state index contributed by atoms with van der Waals surface area (Å²) in [6.45, 7) is 2.08. The standard InChI is InChI=1S/C9H10FNO2/c1-2-13-8-5-6(9(11)12)3-4-7(8)10/h3-5H,2H2,1H3,(H2,11,12). The van der Waals surface area contributed by atoms with Crippen LogP contribution in [0, 0.1) is 5.82 Å². The largest absolute Gasteiger partial charge is 0.491 e. The maximum absolute atomic E-state index is 12.9.